The zero-order chi connectivity index (χ0) is 18.0. The van der Waals surface area contributed by atoms with Gasteiger partial charge in [0.25, 0.3) is 5.91 Å². The van der Waals surface area contributed by atoms with Crippen LogP contribution in [0.2, 0.25) is 0 Å². The molecule has 2 aliphatic rings. The molecule has 0 bridgehead atoms. The molecule has 1 atom stereocenters. The minimum atomic E-state index is -0.391. The van der Waals surface area contributed by atoms with Crippen LogP contribution in [0.4, 0.5) is 4.39 Å². The molecule has 2 saturated heterocycles. The molecule has 0 saturated carbocycles. The molecule has 3 rings (SSSR count). The standard InChI is InChI=1S/C19H26FN3O2/c1-14-5-6-16(20)13-17(14)19(25)23-11-9-21(10-12-23)15(2)18(24)22-7-3-4-8-22/h5-6,13,15H,3-4,7-12H2,1-2H3/t15-/m1/s1. The minimum Gasteiger partial charge on any atom is -0.341 e. The summed E-state index contributed by atoms with van der Waals surface area (Å²) < 4.78 is 13.5. The summed E-state index contributed by atoms with van der Waals surface area (Å²) in [7, 11) is 0. The molecular weight excluding hydrogens is 321 g/mol. The third-order valence-corrected chi connectivity index (χ3v) is 5.35. The van der Waals surface area contributed by atoms with E-state index in [0.717, 1.165) is 31.5 Å². The molecular formula is C19H26FN3O2. The summed E-state index contributed by atoms with van der Waals surface area (Å²) in [5.74, 6) is -0.328. The van der Waals surface area contributed by atoms with E-state index in [9.17, 15) is 14.0 Å². The van der Waals surface area contributed by atoms with Gasteiger partial charge in [-0.15, -0.1) is 0 Å². The molecule has 25 heavy (non-hydrogen) atoms. The lowest BCUT2D eigenvalue weighted by Crippen LogP contribution is -2.55. The summed E-state index contributed by atoms with van der Waals surface area (Å²) in [5, 5.41) is 0. The van der Waals surface area contributed by atoms with Crippen molar-refractivity contribution in [3.63, 3.8) is 0 Å². The fourth-order valence-corrected chi connectivity index (χ4v) is 3.67. The van der Waals surface area contributed by atoms with Crippen LogP contribution in [0.5, 0.6) is 0 Å². The zero-order valence-electron chi connectivity index (χ0n) is 15.0. The molecule has 0 spiro atoms. The topological polar surface area (TPSA) is 43.9 Å². The quantitative estimate of drug-likeness (QED) is 0.839. The number of halogens is 1. The Balaban J connectivity index is 1.58. The lowest BCUT2D eigenvalue weighted by molar-refractivity contribution is -0.135. The highest BCUT2D eigenvalue weighted by atomic mass is 19.1. The van der Waals surface area contributed by atoms with Crippen LogP contribution < -0.4 is 0 Å². The number of rotatable bonds is 3. The number of likely N-dealkylation sites (tertiary alicyclic amines) is 1. The molecule has 2 amide bonds. The molecule has 1 aromatic carbocycles. The van der Waals surface area contributed by atoms with Crippen molar-refractivity contribution >= 4 is 11.8 Å². The van der Waals surface area contributed by atoms with Crippen LogP contribution in [0, 0.1) is 12.7 Å². The Bertz CT molecular complexity index is 650. The van der Waals surface area contributed by atoms with Crippen molar-refractivity contribution in [2.24, 2.45) is 0 Å². The second-order valence-corrected chi connectivity index (χ2v) is 7.00. The Labute approximate surface area is 148 Å². The summed E-state index contributed by atoms with van der Waals surface area (Å²) in [5.41, 5.74) is 1.21. The molecule has 0 aliphatic carbocycles. The number of piperazine rings is 1. The first kappa shape index (κ1) is 17.9. The maximum atomic E-state index is 13.5. The van der Waals surface area contributed by atoms with Gasteiger partial charge in [-0.2, -0.15) is 0 Å². The number of aryl methyl sites for hydroxylation is 1. The Morgan fingerprint density at radius 1 is 1.00 bits per heavy atom. The molecule has 2 fully saturated rings. The summed E-state index contributed by atoms with van der Waals surface area (Å²) >= 11 is 0. The van der Waals surface area contributed by atoms with Crippen LogP contribution >= 0.6 is 0 Å². The van der Waals surface area contributed by atoms with Crippen LogP contribution in [0.15, 0.2) is 18.2 Å². The highest BCUT2D eigenvalue weighted by molar-refractivity contribution is 5.95. The molecule has 1 aromatic rings. The number of benzene rings is 1. The van der Waals surface area contributed by atoms with Crippen molar-refractivity contribution < 1.29 is 14.0 Å². The third kappa shape index (κ3) is 3.84. The first-order valence-corrected chi connectivity index (χ1v) is 9.05. The van der Waals surface area contributed by atoms with Crippen LogP contribution in [-0.4, -0.2) is 71.8 Å². The predicted octanol–water partition coefficient (Wildman–Crippen LogP) is 1.90. The van der Waals surface area contributed by atoms with E-state index >= 15 is 0 Å². The van der Waals surface area contributed by atoms with Gasteiger partial charge in [0.05, 0.1) is 6.04 Å². The van der Waals surface area contributed by atoms with Crippen molar-refractivity contribution in [1.29, 1.82) is 0 Å². The maximum absolute atomic E-state index is 13.5. The summed E-state index contributed by atoms with van der Waals surface area (Å²) in [6, 6.07) is 4.17. The molecule has 0 unspecified atom stereocenters. The Hall–Kier alpha value is -1.95. The van der Waals surface area contributed by atoms with Gasteiger partial charge in [0, 0.05) is 44.8 Å². The smallest absolute Gasteiger partial charge is 0.254 e. The van der Waals surface area contributed by atoms with Crippen molar-refractivity contribution in [3.8, 4) is 0 Å². The highest BCUT2D eigenvalue weighted by Gasteiger charge is 2.31. The van der Waals surface area contributed by atoms with Gasteiger partial charge in [0.15, 0.2) is 0 Å². The Morgan fingerprint density at radius 3 is 2.28 bits per heavy atom. The molecule has 0 radical (unpaired) electrons. The van der Waals surface area contributed by atoms with Gasteiger partial charge in [-0.3, -0.25) is 14.5 Å². The van der Waals surface area contributed by atoms with E-state index in [1.807, 2.05) is 18.7 Å². The Kier molecular flexibility index (Phi) is 5.37. The van der Waals surface area contributed by atoms with Gasteiger partial charge in [-0.25, -0.2) is 4.39 Å². The molecule has 136 valence electrons. The molecule has 0 N–H and O–H groups in total. The first-order valence-electron chi connectivity index (χ1n) is 9.05. The second kappa shape index (κ2) is 7.52. The number of amides is 2. The van der Waals surface area contributed by atoms with E-state index in [-0.39, 0.29) is 17.9 Å². The van der Waals surface area contributed by atoms with Gasteiger partial charge in [0.1, 0.15) is 5.82 Å². The molecule has 2 aliphatic heterocycles. The average Bonchev–Trinajstić information content (AvgIpc) is 3.16. The van der Waals surface area contributed by atoms with Crippen molar-refractivity contribution in [2.45, 2.75) is 32.7 Å². The SMILES string of the molecule is Cc1ccc(F)cc1C(=O)N1CCN([C@H](C)C(=O)N2CCCC2)CC1. The van der Waals surface area contributed by atoms with Crippen molar-refractivity contribution in [2.75, 3.05) is 39.3 Å². The summed E-state index contributed by atoms with van der Waals surface area (Å²) in [6.07, 6.45) is 2.18. The fourth-order valence-electron chi connectivity index (χ4n) is 3.67. The van der Waals surface area contributed by atoms with Gasteiger partial charge in [-0.05, 0) is 44.4 Å². The molecule has 5 nitrogen and oxygen atoms in total. The number of carbonyl (C=O) groups is 2. The normalized spacial score (nSPS) is 20.0. The second-order valence-electron chi connectivity index (χ2n) is 7.00. The number of carbonyl (C=O) groups excluding carboxylic acids is 2. The van der Waals surface area contributed by atoms with Gasteiger partial charge in [-0.1, -0.05) is 6.07 Å². The third-order valence-electron chi connectivity index (χ3n) is 5.35. The van der Waals surface area contributed by atoms with E-state index < -0.39 is 5.82 Å². The lowest BCUT2D eigenvalue weighted by atomic mass is 10.1. The summed E-state index contributed by atoms with van der Waals surface area (Å²) in [6.45, 7) is 7.95. The van der Waals surface area contributed by atoms with Gasteiger partial charge in [0.2, 0.25) is 5.91 Å². The van der Waals surface area contributed by atoms with Gasteiger partial charge >= 0.3 is 0 Å². The van der Waals surface area contributed by atoms with E-state index in [0.29, 0.717) is 31.7 Å². The molecule has 6 heteroatoms. The number of hydrogen-bond donors (Lipinski definition) is 0. The van der Waals surface area contributed by atoms with E-state index in [2.05, 4.69) is 4.90 Å². The number of nitrogens with zero attached hydrogens (tertiary/aromatic N) is 3. The fraction of sp³-hybridized carbons (Fsp3) is 0.579. The largest absolute Gasteiger partial charge is 0.341 e. The number of hydrogen-bond acceptors (Lipinski definition) is 3. The van der Waals surface area contributed by atoms with Crippen LogP contribution in [-0.2, 0) is 4.79 Å². The zero-order valence-corrected chi connectivity index (χ0v) is 15.0. The summed E-state index contributed by atoms with van der Waals surface area (Å²) in [4.78, 5) is 31.0. The van der Waals surface area contributed by atoms with Crippen molar-refractivity contribution in [1.82, 2.24) is 14.7 Å². The average molecular weight is 347 g/mol. The van der Waals surface area contributed by atoms with Gasteiger partial charge < -0.3 is 9.80 Å². The lowest BCUT2D eigenvalue weighted by Gasteiger charge is -2.38. The van der Waals surface area contributed by atoms with Crippen LogP contribution in [0.25, 0.3) is 0 Å². The van der Waals surface area contributed by atoms with Crippen LogP contribution in [0.1, 0.15) is 35.7 Å². The monoisotopic (exact) mass is 347 g/mol. The minimum absolute atomic E-state index is 0.129. The highest BCUT2D eigenvalue weighted by Crippen LogP contribution is 2.17. The van der Waals surface area contributed by atoms with Crippen molar-refractivity contribution in [3.05, 3.63) is 35.1 Å². The van der Waals surface area contributed by atoms with E-state index in [1.165, 1.54) is 12.1 Å². The molecule has 0 aromatic heterocycles. The maximum Gasteiger partial charge on any atom is 0.254 e. The van der Waals surface area contributed by atoms with Crippen LogP contribution in [0.3, 0.4) is 0 Å². The first-order chi connectivity index (χ1) is 12.0. The Morgan fingerprint density at radius 2 is 1.64 bits per heavy atom. The predicted molar refractivity (Wildman–Crippen MR) is 93.9 cm³/mol. The van der Waals surface area contributed by atoms with E-state index in [1.54, 1.807) is 11.0 Å². The molecule has 2 heterocycles. The van der Waals surface area contributed by atoms with E-state index in [4.69, 9.17) is 0 Å².